The zero-order valence-electron chi connectivity index (χ0n) is 9.90. The van der Waals surface area contributed by atoms with Gasteiger partial charge in [-0.25, -0.2) is 0 Å². The van der Waals surface area contributed by atoms with Crippen LogP contribution in [0.2, 0.25) is 0 Å². The molecule has 3 nitrogen and oxygen atoms in total. The van der Waals surface area contributed by atoms with E-state index in [1.54, 1.807) is 6.07 Å². The third-order valence-corrected chi connectivity index (χ3v) is 2.99. The Bertz CT molecular complexity index is 384. The lowest BCUT2D eigenvalue weighted by Gasteiger charge is -2.14. The highest BCUT2D eigenvalue weighted by Crippen LogP contribution is 2.38. The second-order valence-electron chi connectivity index (χ2n) is 5.10. The van der Waals surface area contributed by atoms with E-state index in [4.69, 9.17) is 0 Å². The molecule has 1 aromatic carbocycles. The van der Waals surface area contributed by atoms with Gasteiger partial charge in [0.05, 0.1) is 5.60 Å². The van der Waals surface area contributed by atoms with Crippen molar-refractivity contribution in [3.8, 4) is 5.75 Å². The summed E-state index contributed by atoms with van der Waals surface area (Å²) in [5, 5.41) is 19.6. The molecule has 1 aliphatic rings. The largest absolute Gasteiger partial charge is 0.508 e. The summed E-state index contributed by atoms with van der Waals surface area (Å²) in [6.07, 6.45) is 2.50. The topological polar surface area (TPSA) is 43.7 Å². The van der Waals surface area contributed by atoms with Crippen molar-refractivity contribution in [3.05, 3.63) is 29.3 Å². The van der Waals surface area contributed by atoms with Crippen molar-refractivity contribution in [1.29, 1.82) is 0 Å². The second kappa shape index (κ2) is 4.07. The molecular formula is C13H19NO2. The third kappa shape index (κ3) is 2.74. The van der Waals surface area contributed by atoms with Gasteiger partial charge < -0.3 is 15.1 Å². The van der Waals surface area contributed by atoms with Gasteiger partial charge in [0.2, 0.25) is 0 Å². The maximum absolute atomic E-state index is 9.85. The van der Waals surface area contributed by atoms with E-state index in [-0.39, 0.29) is 0 Å². The van der Waals surface area contributed by atoms with E-state index in [0.29, 0.717) is 12.2 Å². The average molecular weight is 221 g/mol. The first kappa shape index (κ1) is 11.4. The predicted molar refractivity (Wildman–Crippen MR) is 63.4 cm³/mol. The van der Waals surface area contributed by atoms with Gasteiger partial charge in [-0.3, -0.25) is 0 Å². The molecule has 1 saturated carbocycles. The van der Waals surface area contributed by atoms with Crippen molar-refractivity contribution >= 4 is 0 Å². The summed E-state index contributed by atoms with van der Waals surface area (Å²) in [6.45, 7) is 0.720. The number of benzene rings is 1. The van der Waals surface area contributed by atoms with Crippen LogP contribution < -0.4 is 0 Å². The van der Waals surface area contributed by atoms with E-state index in [9.17, 15) is 10.2 Å². The van der Waals surface area contributed by atoms with Crippen molar-refractivity contribution in [1.82, 2.24) is 4.90 Å². The Morgan fingerprint density at radius 2 is 2.00 bits per heavy atom. The number of aromatic hydroxyl groups is 1. The van der Waals surface area contributed by atoms with Crippen LogP contribution in [0.1, 0.15) is 24.0 Å². The van der Waals surface area contributed by atoms with Crippen LogP contribution in [-0.2, 0) is 13.0 Å². The van der Waals surface area contributed by atoms with Crippen LogP contribution in [0.25, 0.3) is 0 Å². The molecule has 1 aliphatic carbocycles. The van der Waals surface area contributed by atoms with Gasteiger partial charge in [0.15, 0.2) is 0 Å². The van der Waals surface area contributed by atoms with Crippen molar-refractivity contribution in [2.45, 2.75) is 31.4 Å². The molecule has 16 heavy (non-hydrogen) atoms. The fourth-order valence-corrected chi connectivity index (χ4v) is 1.92. The Balaban J connectivity index is 2.14. The molecule has 0 heterocycles. The molecule has 0 spiro atoms. The monoisotopic (exact) mass is 221 g/mol. The Hall–Kier alpha value is -1.06. The molecule has 3 heteroatoms. The highest BCUT2D eigenvalue weighted by atomic mass is 16.3. The van der Waals surface area contributed by atoms with E-state index >= 15 is 0 Å². The van der Waals surface area contributed by atoms with Crippen LogP contribution in [0.5, 0.6) is 5.75 Å². The van der Waals surface area contributed by atoms with Crippen LogP contribution in [0.4, 0.5) is 0 Å². The number of aliphatic hydroxyl groups is 1. The Morgan fingerprint density at radius 3 is 2.56 bits per heavy atom. The second-order valence-corrected chi connectivity index (χ2v) is 5.10. The van der Waals surface area contributed by atoms with Crippen molar-refractivity contribution in [2.24, 2.45) is 0 Å². The Morgan fingerprint density at radius 1 is 1.31 bits per heavy atom. The molecule has 0 amide bonds. The lowest BCUT2D eigenvalue weighted by atomic mass is 10.0. The van der Waals surface area contributed by atoms with Crippen LogP contribution >= 0.6 is 0 Å². The van der Waals surface area contributed by atoms with Gasteiger partial charge in [0.1, 0.15) is 5.75 Å². The lowest BCUT2D eigenvalue weighted by Crippen LogP contribution is -2.13. The van der Waals surface area contributed by atoms with Crippen LogP contribution in [0.3, 0.4) is 0 Å². The molecule has 0 aliphatic heterocycles. The van der Waals surface area contributed by atoms with Gasteiger partial charge in [-0.2, -0.15) is 0 Å². The lowest BCUT2D eigenvalue weighted by molar-refractivity contribution is 0.151. The molecule has 1 aromatic rings. The number of hydrogen-bond donors (Lipinski definition) is 2. The first-order valence-electron chi connectivity index (χ1n) is 5.66. The molecule has 0 radical (unpaired) electrons. The highest BCUT2D eigenvalue weighted by molar-refractivity contribution is 5.37. The van der Waals surface area contributed by atoms with E-state index in [1.165, 1.54) is 0 Å². The number of nitrogens with zero attached hydrogens (tertiary/aromatic N) is 1. The first-order chi connectivity index (χ1) is 7.48. The van der Waals surface area contributed by atoms with Gasteiger partial charge >= 0.3 is 0 Å². The van der Waals surface area contributed by atoms with E-state index in [1.807, 2.05) is 31.1 Å². The number of phenolic OH excluding ortho intramolecular Hbond substituents is 1. The van der Waals surface area contributed by atoms with E-state index in [0.717, 1.165) is 30.5 Å². The molecule has 0 aromatic heterocycles. The first-order valence-corrected chi connectivity index (χ1v) is 5.66. The maximum atomic E-state index is 9.85. The number of phenols is 1. The molecule has 0 atom stereocenters. The summed E-state index contributed by atoms with van der Waals surface area (Å²) in [4.78, 5) is 2.02. The standard InChI is InChI=1S/C13H19NO2/c1-14(2)9-11-7-10(3-4-12(11)15)8-13(16)5-6-13/h3-4,7,15-16H,5-6,8-9H2,1-2H3. The molecule has 88 valence electrons. The summed E-state index contributed by atoms with van der Waals surface area (Å²) < 4.78 is 0. The van der Waals surface area contributed by atoms with E-state index < -0.39 is 5.60 Å². The van der Waals surface area contributed by atoms with Crippen molar-refractivity contribution in [3.63, 3.8) is 0 Å². The van der Waals surface area contributed by atoms with Gasteiger partial charge in [0, 0.05) is 18.5 Å². The van der Waals surface area contributed by atoms with E-state index in [2.05, 4.69) is 0 Å². The summed E-state index contributed by atoms with van der Waals surface area (Å²) in [5.41, 5.74) is 1.56. The maximum Gasteiger partial charge on any atom is 0.120 e. The minimum Gasteiger partial charge on any atom is -0.508 e. The molecule has 0 bridgehead atoms. The van der Waals surface area contributed by atoms with Crippen LogP contribution in [0.15, 0.2) is 18.2 Å². The smallest absolute Gasteiger partial charge is 0.120 e. The highest BCUT2D eigenvalue weighted by Gasteiger charge is 2.40. The van der Waals surface area contributed by atoms with Crippen LogP contribution in [0, 0.1) is 0 Å². The van der Waals surface area contributed by atoms with Gasteiger partial charge in [0.25, 0.3) is 0 Å². The summed E-state index contributed by atoms with van der Waals surface area (Å²) in [6, 6.07) is 5.61. The third-order valence-electron chi connectivity index (χ3n) is 2.99. The summed E-state index contributed by atoms with van der Waals surface area (Å²) >= 11 is 0. The molecule has 0 unspecified atom stereocenters. The normalized spacial score (nSPS) is 17.8. The minimum absolute atomic E-state index is 0.334. The quantitative estimate of drug-likeness (QED) is 0.810. The molecular weight excluding hydrogens is 202 g/mol. The fraction of sp³-hybridized carbons (Fsp3) is 0.538. The van der Waals surface area contributed by atoms with Gasteiger partial charge in [-0.1, -0.05) is 12.1 Å². The van der Waals surface area contributed by atoms with Crippen molar-refractivity contribution < 1.29 is 10.2 Å². The SMILES string of the molecule is CN(C)Cc1cc(CC2(O)CC2)ccc1O. The summed E-state index contributed by atoms with van der Waals surface area (Å²) in [5.74, 6) is 0.334. The predicted octanol–water partition coefficient (Wildman–Crippen LogP) is 1.52. The molecule has 0 saturated heterocycles. The van der Waals surface area contributed by atoms with Crippen LogP contribution in [-0.4, -0.2) is 34.8 Å². The number of rotatable bonds is 4. The molecule has 2 rings (SSSR count). The zero-order valence-corrected chi connectivity index (χ0v) is 9.90. The Labute approximate surface area is 96.3 Å². The molecule has 2 N–H and O–H groups in total. The zero-order chi connectivity index (χ0) is 11.8. The Kier molecular flexibility index (Phi) is 2.91. The van der Waals surface area contributed by atoms with Gasteiger partial charge in [-0.15, -0.1) is 0 Å². The van der Waals surface area contributed by atoms with Crippen molar-refractivity contribution in [2.75, 3.05) is 14.1 Å². The minimum atomic E-state index is -0.466. The average Bonchev–Trinajstić information content (AvgIpc) is 2.89. The molecule has 1 fully saturated rings. The summed E-state index contributed by atoms with van der Waals surface area (Å²) in [7, 11) is 3.95. The number of hydrogen-bond acceptors (Lipinski definition) is 3. The fourth-order valence-electron chi connectivity index (χ4n) is 1.92. The van der Waals surface area contributed by atoms with Gasteiger partial charge in [-0.05, 0) is 38.6 Å².